The second kappa shape index (κ2) is 8.65. The molecule has 0 aromatic carbocycles. The number of unbranched alkanes of at least 4 members (excludes halogenated alkanes) is 3. The van der Waals surface area contributed by atoms with Gasteiger partial charge < -0.3 is 5.32 Å². The zero-order valence-electron chi connectivity index (χ0n) is 15.0. The molecular formula is C18H26N4O3. The minimum Gasteiger partial charge on any atom is -0.352 e. The largest absolute Gasteiger partial charge is 0.352 e. The second-order valence-corrected chi connectivity index (χ2v) is 6.68. The zero-order chi connectivity index (χ0) is 18.4. The highest BCUT2D eigenvalue weighted by Crippen LogP contribution is 2.13. The highest BCUT2D eigenvalue weighted by atomic mass is 16.2. The van der Waals surface area contributed by atoms with Gasteiger partial charge in [-0.3, -0.25) is 14.2 Å². The molecule has 1 aromatic rings. The molecule has 0 radical (unpaired) electrons. The molecule has 136 valence electrons. The molecule has 0 unspecified atom stereocenters. The fraction of sp³-hybridized carbons (Fsp3) is 0.667. The van der Waals surface area contributed by atoms with Crippen LogP contribution in [0, 0.1) is 11.3 Å². The van der Waals surface area contributed by atoms with Crippen LogP contribution in [0.4, 0.5) is 0 Å². The first kappa shape index (κ1) is 19.0. The van der Waals surface area contributed by atoms with E-state index in [2.05, 4.69) is 12.2 Å². The van der Waals surface area contributed by atoms with Crippen molar-refractivity contribution < 1.29 is 4.79 Å². The summed E-state index contributed by atoms with van der Waals surface area (Å²) in [5.74, 6) is -0.371. The molecule has 25 heavy (non-hydrogen) atoms. The van der Waals surface area contributed by atoms with Crippen LogP contribution in [0.15, 0.2) is 9.59 Å². The van der Waals surface area contributed by atoms with Crippen LogP contribution in [-0.2, 0) is 24.3 Å². The standard InChI is InChI=1S/C18H26N4O3/c1-3-4-5-6-8-13(2)20-16(23)12-22-17(24)14(11-19)15-9-7-10-21(15)18(22)25/h13H,3-10,12H2,1-2H3,(H,20,23)/t13-/m1/s1. The maximum absolute atomic E-state index is 12.5. The van der Waals surface area contributed by atoms with Crippen molar-refractivity contribution in [1.82, 2.24) is 14.5 Å². The van der Waals surface area contributed by atoms with Gasteiger partial charge in [0.1, 0.15) is 18.2 Å². The molecule has 1 atom stereocenters. The van der Waals surface area contributed by atoms with E-state index in [9.17, 15) is 19.6 Å². The van der Waals surface area contributed by atoms with E-state index in [1.165, 1.54) is 11.0 Å². The van der Waals surface area contributed by atoms with Crippen molar-refractivity contribution in [3.63, 3.8) is 0 Å². The molecular weight excluding hydrogens is 320 g/mol. The van der Waals surface area contributed by atoms with Crippen molar-refractivity contribution in [1.29, 1.82) is 5.26 Å². The number of rotatable bonds is 8. The molecule has 0 saturated carbocycles. The Balaban J connectivity index is 2.08. The maximum atomic E-state index is 12.5. The summed E-state index contributed by atoms with van der Waals surface area (Å²) in [5.41, 5.74) is -0.676. The van der Waals surface area contributed by atoms with Gasteiger partial charge in [0.2, 0.25) is 5.91 Å². The highest BCUT2D eigenvalue weighted by Gasteiger charge is 2.23. The van der Waals surface area contributed by atoms with Crippen LogP contribution >= 0.6 is 0 Å². The van der Waals surface area contributed by atoms with E-state index >= 15 is 0 Å². The summed E-state index contributed by atoms with van der Waals surface area (Å²) < 4.78 is 2.33. The van der Waals surface area contributed by atoms with Crippen LogP contribution in [0.1, 0.15) is 63.6 Å². The average molecular weight is 346 g/mol. The van der Waals surface area contributed by atoms with Crippen molar-refractivity contribution in [2.45, 2.75) is 77.9 Å². The fourth-order valence-corrected chi connectivity index (χ4v) is 3.30. The molecule has 1 N–H and O–H groups in total. The third-order valence-corrected chi connectivity index (χ3v) is 4.64. The number of carbonyl (C=O) groups excluding carboxylic acids is 1. The van der Waals surface area contributed by atoms with E-state index < -0.39 is 11.2 Å². The SMILES string of the molecule is CCCCCC[C@@H](C)NC(=O)Cn1c(=O)c(C#N)c2n(c1=O)CCC2. The summed E-state index contributed by atoms with van der Waals surface area (Å²) >= 11 is 0. The fourth-order valence-electron chi connectivity index (χ4n) is 3.30. The van der Waals surface area contributed by atoms with Gasteiger partial charge in [0.05, 0.1) is 0 Å². The Morgan fingerprint density at radius 1 is 1.32 bits per heavy atom. The van der Waals surface area contributed by atoms with Gasteiger partial charge in [-0.05, 0) is 26.2 Å². The first-order valence-electron chi connectivity index (χ1n) is 9.05. The first-order chi connectivity index (χ1) is 12.0. The van der Waals surface area contributed by atoms with Crippen molar-refractivity contribution >= 4 is 5.91 Å². The van der Waals surface area contributed by atoms with E-state index in [-0.39, 0.29) is 24.1 Å². The zero-order valence-corrected chi connectivity index (χ0v) is 15.0. The Morgan fingerprint density at radius 3 is 2.76 bits per heavy atom. The number of hydrogen-bond acceptors (Lipinski definition) is 4. The number of carbonyl (C=O) groups is 1. The van der Waals surface area contributed by atoms with Gasteiger partial charge >= 0.3 is 5.69 Å². The van der Waals surface area contributed by atoms with Gasteiger partial charge in [-0.25, -0.2) is 9.36 Å². The van der Waals surface area contributed by atoms with Gasteiger partial charge in [-0.2, -0.15) is 5.26 Å². The van der Waals surface area contributed by atoms with Crippen LogP contribution in [-0.4, -0.2) is 21.1 Å². The molecule has 0 aliphatic carbocycles. The lowest BCUT2D eigenvalue weighted by Crippen LogP contribution is -2.46. The summed E-state index contributed by atoms with van der Waals surface area (Å²) in [6.07, 6.45) is 6.66. The number of hydrogen-bond donors (Lipinski definition) is 1. The quantitative estimate of drug-likeness (QED) is 0.718. The highest BCUT2D eigenvalue weighted by molar-refractivity contribution is 5.76. The molecule has 2 rings (SSSR count). The van der Waals surface area contributed by atoms with Crippen LogP contribution < -0.4 is 16.6 Å². The maximum Gasteiger partial charge on any atom is 0.331 e. The van der Waals surface area contributed by atoms with Gasteiger partial charge in [-0.1, -0.05) is 32.6 Å². The normalized spacial score (nSPS) is 14.0. The third-order valence-electron chi connectivity index (χ3n) is 4.64. The monoisotopic (exact) mass is 346 g/mol. The lowest BCUT2D eigenvalue weighted by atomic mass is 10.1. The number of nitrogens with one attached hydrogen (secondary N) is 1. The van der Waals surface area contributed by atoms with E-state index in [0.717, 1.165) is 36.7 Å². The van der Waals surface area contributed by atoms with E-state index in [1.807, 2.05) is 13.0 Å². The smallest absolute Gasteiger partial charge is 0.331 e. The molecule has 0 spiro atoms. The summed E-state index contributed by atoms with van der Waals surface area (Å²) in [6, 6.07) is 1.89. The van der Waals surface area contributed by atoms with Crippen LogP contribution in [0.5, 0.6) is 0 Å². The van der Waals surface area contributed by atoms with E-state index in [1.54, 1.807) is 0 Å². The van der Waals surface area contributed by atoms with Crippen molar-refractivity contribution in [2.24, 2.45) is 0 Å². The predicted molar refractivity (Wildman–Crippen MR) is 94.4 cm³/mol. The van der Waals surface area contributed by atoms with E-state index in [0.29, 0.717) is 18.7 Å². The second-order valence-electron chi connectivity index (χ2n) is 6.68. The predicted octanol–water partition coefficient (Wildman–Crippen LogP) is 1.30. The summed E-state index contributed by atoms with van der Waals surface area (Å²) in [7, 11) is 0. The molecule has 7 nitrogen and oxygen atoms in total. The Hall–Kier alpha value is -2.36. The van der Waals surface area contributed by atoms with E-state index in [4.69, 9.17) is 0 Å². The minimum absolute atomic E-state index is 0.00678. The molecule has 0 saturated heterocycles. The Morgan fingerprint density at radius 2 is 2.08 bits per heavy atom. The van der Waals surface area contributed by atoms with Gasteiger partial charge in [0.15, 0.2) is 0 Å². The van der Waals surface area contributed by atoms with Crippen LogP contribution in [0.3, 0.4) is 0 Å². The lowest BCUT2D eigenvalue weighted by molar-refractivity contribution is -0.122. The average Bonchev–Trinajstić information content (AvgIpc) is 3.05. The Labute approximate surface area is 147 Å². The lowest BCUT2D eigenvalue weighted by Gasteiger charge is -2.15. The number of aromatic nitrogens is 2. The molecule has 1 aliphatic rings. The number of amides is 1. The third kappa shape index (κ3) is 4.38. The minimum atomic E-state index is -0.661. The van der Waals surface area contributed by atoms with Gasteiger partial charge in [0.25, 0.3) is 5.56 Å². The number of fused-ring (bicyclic) bond motifs is 1. The summed E-state index contributed by atoms with van der Waals surface area (Å²) in [4.78, 5) is 37.1. The topological polar surface area (TPSA) is 96.9 Å². The molecule has 2 heterocycles. The molecule has 1 aliphatic heterocycles. The summed E-state index contributed by atoms with van der Waals surface area (Å²) in [6.45, 7) is 4.21. The molecule has 0 fully saturated rings. The molecule has 0 bridgehead atoms. The number of nitrogens with zero attached hydrogens (tertiary/aromatic N) is 3. The Bertz CT molecular complexity index is 785. The number of nitriles is 1. The van der Waals surface area contributed by atoms with Crippen LogP contribution in [0.2, 0.25) is 0 Å². The van der Waals surface area contributed by atoms with Crippen molar-refractivity contribution in [2.75, 3.05) is 0 Å². The molecule has 1 aromatic heterocycles. The summed E-state index contributed by atoms with van der Waals surface area (Å²) in [5, 5.41) is 12.1. The Kier molecular flexibility index (Phi) is 6.57. The first-order valence-corrected chi connectivity index (χ1v) is 9.05. The van der Waals surface area contributed by atoms with Crippen molar-refractivity contribution in [3.8, 4) is 6.07 Å². The van der Waals surface area contributed by atoms with Crippen LogP contribution in [0.25, 0.3) is 0 Å². The molecule has 1 amide bonds. The molecule has 7 heteroatoms. The van der Waals surface area contributed by atoms with Gasteiger partial charge in [-0.15, -0.1) is 0 Å². The van der Waals surface area contributed by atoms with Crippen molar-refractivity contribution in [3.05, 3.63) is 32.1 Å². The van der Waals surface area contributed by atoms with Gasteiger partial charge in [0, 0.05) is 18.3 Å².